The maximum Gasteiger partial charge on any atom is 0.166 e. The van der Waals surface area contributed by atoms with Gasteiger partial charge in [-0.15, -0.1) is 0 Å². The Bertz CT molecular complexity index is 404. The van der Waals surface area contributed by atoms with E-state index in [1.54, 1.807) is 6.92 Å². The van der Waals surface area contributed by atoms with Crippen LogP contribution >= 0.6 is 11.6 Å². The van der Waals surface area contributed by atoms with Crippen molar-refractivity contribution in [1.82, 2.24) is 0 Å². The average Bonchev–Trinajstić information content (AvgIpc) is 2.23. The second kappa shape index (κ2) is 5.30. The van der Waals surface area contributed by atoms with Crippen LogP contribution in [0.15, 0.2) is 6.07 Å². The highest BCUT2D eigenvalue weighted by Gasteiger charge is 2.20. The molecule has 16 heavy (non-hydrogen) atoms. The highest BCUT2D eigenvalue weighted by Crippen LogP contribution is 2.37. The Kier molecular flexibility index (Phi) is 4.30. The normalized spacial score (nSPS) is 12.3. The summed E-state index contributed by atoms with van der Waals surface area (Å²) >= 11 is 5.91. The topological polar surface area (TPSA) is 26.3 Å². The zero-order chi connectivity index (χ0) is 12.3. The maximum absolute atomic E-state index is 13.6. The summed E-state index contributed by atoms with van der Waals surface area (Å²) in [7, 11) is 1.41. The van der Waals surface area contributed by atoms with Gasteiger partial charge in [0, 0.05) is 17.0 Å². The minimum absolute atomic E-state index is 0.111. The fraction of sp³-hybridized carbons (Fsp3) is 0.417. The van der Waals surface area contributed by atoms with Gasteiger partial charge in [0.1, 0.15) is 6.29 Å². The number of benzene rings is 1. The molecule has 88 valence electrons. The predicted octanol–water partition coefficient (Wildman–Crippen LogP) is 3.49. The van der Waals surface area contributed by atoms with Crippen LogP contribution in [0.5, 0.6) is 5.75 Å². The minimum Gasteiger partial charge on any atom is -0.493 e. The van der Waals surface area contributed by atoms with E-state index in [1.165, 1.54) is 13.2 Å². The van der Waals surface area contributed by atoms with Crippen LogP contribution in [0, 0.1) is 12.7 Å². The molecule has 0 aromatic heterocycles. The molecule has 0 aliphatic rings. The Morgan fingerprint density at radius 1 is 1.62 bits per heavy atom. The number of ether oxygens (including phenoxy) is 1. The first-order valence-electron chi connectivity index (χ1n) is 4.99. The molecular formula is C12H14ClFO2. The molecule has 1 unspecified atom stereocenters. The van der Waals surface area contributed by atoms with Crippen LogP contribution in [0.4, 0.5) is 4.39 Å². The van der Waals surface area contributed by atoms with Gasteiger partial charge in [-0.05, 0) is 24.5 Å². The molecule has 1 atom stereocenters. The lowest BCUT2D eigenvalue weighted by Crippen LogP contribution is -2.04. The van der Waals surface area contributed by atoms with Crippen LogP contribution in [-0.4, -0.2) is 13.4 Å². The van der Waals surface area contributed by atoms with Gasteiger partial charge in [-0.1, -0.05) is 18.5 Å². The van der Waals surface area contributed by atoms with Gasteiger partial charge in [0.25, 0.3) is 0 Å². The van der Waals surface area contributed by atoms with Crippen molar-refractivity contribution in [1.29, 1.82) is 0 Å². The Morgan fingerprint density at radius 3 is 2.75 bits per heavy atom. The summed E-state index contributed by atoms with van der Waals surface area (Å²) in [5, 5.41) is 0.353. The molecule has 0 aliphatic heterocycles. The fourth-order valence-corrected chi connectivity index (χ4v) is 1.97. The molecule has 0 saturated carbocycles. The summed E-state index contributed by atoms with van der Waals surface area (Å²) in [4.78, 5) is 10.5. The van der Waals surface area contributed by atoms with E-state index in [2.05, 4.69) is 0 Å². The second-order valence-electron chi connectivity index (χ2n) is 3.72. The molecule has 1 aromatic carbocycles. The van der Waals surface area contributed by atoms with Gasteiger partial charge in [0.2, 0.25) is 0 Å². The Labute approximate surface area is 99.4 Å². The lowest BCUT2D eigenvalue weighted by Gasteiger charge is -2.18. The van der Waals surface area contributed by atoms with E-state index in [4.69, 9.17) is 16.3 Å². The predicted molar refractivity (Wildman–Crippen MR) is 61.8 cm³/mol. The van der Waals surface area contributed by atoms with Crippen LogP contribution < -0.4 is 4.74 Å². The quantitative estimate of drug-likeness (QED) is 0.758. The molecule has 0 fully saturated rings. The third-order valence-corrected chi connectivity index (χ3v) is 3.02. The van der Waals surface area contributed by atoms with Crippen LogP contribution in [-0.2, 0) is 4.79 Å². The van der Waals surface area contributed by atoms with E-state index in [-0.39, 0.29) is 11.7 Å². The van der Waals surface area contributed by atoms with Crippen molar-refractivity contribution in [2.45, 2.75) is 26.2 Å². The third kappa shape index (κ3) is 2.35. The summed E-state index contributed by atoms with van der Waals surface area (Å²) in [6, 6.07) is 1.23. The number of rotatable bonds is 4. The zero-order valence-corrected chi connectivity index (χ0v) is 10.3. The van der Waals surface area contributed by atoms with Crippen LogP contribution in [0.1, 0.15) is 30.4 Å². The number of carbonyl (C=O) groups excluding carboxylic acids is 1. The molecule has 0 saturated heterocycles. The van der Waals surface area contributed by atoms with Gasteiger partial charge in [-0.25, -0.2) is 4.39 Å². The van der Waals surface area contributed by atoms with Gasteiger partial charge in [0.15, 0.2) is 11.6 Å². The molecule has 2 nitrogen and oxygen atoms in total. The summed E-state index contributed by atoms with van der Waals surface area (Å²) in [5.41, 5.74) is 1.42. The average molecular weight is 245 g/mol. The SMILES string of the molecule is COc1c(F)cc(Cl)c(C)c1C(C)CC=O. The molecule has 0 bridgehead atoms. The third-order valence-electron chi connectivity index (χ3n) is 2.62. The molecule has 0 heterocycles. The van der Waals surface area contributed by atoms with Crippen molar-refractivity contribution in [3.63, 3.8) is 0 Å². The molecule has 0 spiro atoms. The number of aldehydes is 1. The van der Waals surface area contributed by atoms with Crippen molar-refractivity contribution in [3.8, 4) is 5.75 Å². The minimum atomic E-state index is -0.495. The van der Waals surface area contributed by atoms with Crippen molar-refractivity contribution in [2.75, 3.05) is 7.11 Å². The smallest absolute Gasteiger partial charge is 0.166 e. The van der Waals surface area contributed by atoms with Gasteiger partial charge in [-0.3, -0.25) is 0 Å². The fourth-order valence-electron chi connectivity index (χ4n) is 1.78. The van der Waals surface area contributed by atoms with Crippen molar-refractivity contribution >= 4 is 17.9 Å². The first-order chi connectivity index (χ1) is 7.52. The number of halogens is 2. The lowest BCUT2D eigenvalue weighted by molar-refractivity contribution is -0.108. The van der Waals surface area contributed by atoms with Crippen LogP contribution in [0.25, 0.3) is 0 Å². The molecule has 0 amide bonds. The maximum atomic E-state index is 13.6. The molecule has 0 radical (unpaired) electrons. The van der Waals surface area contributed by atoms with Crippen LogP contribution in [0.2, 0.25) is 5.02 Å². The van der Waals surface area contributed by atoms with Gasteiger partial charge in [0.05, 0.1) is 7.11 Å². The second-order valence-corrected chi connectivity index (χ2v) is 4.12. The Hall–Kier alpha value is -1.09. The molecular weight excluding hydrogens is 231 g/mol. The van der Waals surface area contributed by atoms with E-state index in [0.717, 1.165) is 11.8 Å². The summed E-state index contributed by atoms with van der Waals surface area (Å²) in [5.74, 6) is -0.428. The number of methoxy groups -OCH3 is 1. The first kappa shape index (κ1) is 13.0. The zero-order valence-electron chi connectivity index (χ0n) is 9.51. The Balaban J connectivity index is 3.37. The van der Waals surface area contributed by atoms with Crippen molar-refractivity contribution < 1.29 is 13.9 Å². The number of carbonyl (C=O) groups is 1. The summed E-state index contributed by atoms with van der Waals surface area (Å²) in [6.07, 6.45) is 1.12. The standard InChI is InChI=1S/C12H14ClFO2/c1-7(4-5-15)11-8(2)9(13)6-10(14)12(11)16-3/h5-7H,4H2,1-3H3. The van der Waals surface area contributed by atoms with Crippen LogP contribution in [0.3, 0.4) is 0 Å². The lowest BCUT2D eigenvalue weighted by atomic mass is 9.93. The van der Waals surface area contributed by atoms with Crippen molar-refractivity contribution in [3.05, 3.63) is 28.0 Å². The van der Waals surface area contributed by atoms with E-state index in [9.17, 15) is 9.18 Å². The van der Waals surface area contributed by atoms with E-state index in [1.807, 2.05) is 6.92 Å². The van der Waals surface area contributed by atoms with E-state index >= 15 is 0 Å². The molecule has 0 N–H and O–H groups in total. The largest absolute Gasteiger partial charge is 0.493 e. The first-order valence-corrected chi connectivity index (χ1v) is 5.36. The molecule has 1 aromatic rings. The van der Waals surface area contributed by atoms with E-state index < -0.39 is 5.82 Å². The Morgan fingerprint density at radius 2 is 2.25 bits per heavy atom. The highest BCUT2D eigenvalue weighted by molar-refractivity contribution is 6.31. The van der Waals surface area contributed by atoms with Crippen molar-refractivity contribution in [2.24, 2.45) is 0 Å². The molecule has 1 rings (SSSR count). The van der Waals surface area contributed by atoms with E-state index in [0.29, 0.717) is 17.0 Å². The van der Waals surface area contributed by atoms with Gasteiger partial charge < -0.3 is 9.53 Å². The van der Waals surface area contributed by atoms with Gasteiger partial charge in [-0.2, -0.15) is 0 Å². The highest BCUT2D eigenvalue weighted by atomic mass is 35.5. The van der Waals surface area contributed by atoms with Gasteiger partial charge >= 0.3 is 0 Å². The molecule has 0 aliphatic carbocycles. The monoisotopic (exact) mass is 244 g/mol. The molecule has 4 heteroatoms. The summed E-state index contributed by atoms with van der Waals surface area (Å²) in [6.45, 7) is 3.63. The number of hydrogen-bond acceptors (Lipinski definition) is 2. The number of hydrogen-bond donors (Lipinski definition) is 0. The summed E-state index contributed by atoms with van der Waals surface area (Å²) < 4.78 is 18.6.